The highest BCUT2D eigenvalue weighted by Gasteiger charge is 2.23. The Kier molecular flexibility index (Phi) is 5.10. The van der Waals surface area contributed by atoms with Gasteiger partial charge in [0.05, 0.1) is 31.3 Å². The van der Waals surface area contributed by atoms with Crippen LogP contribution in [0.5, 0.6) is 5.75 Å². The van der Waals surface area contributed by atoms with Gasteiger partial charge in [-0.15, -0.1) is 0 Å². The largest absolute Gasteiger partial charge is 0.497 e. The van der Waals surface area contributed by atoms with Crippen molar-refractivity contribution >= 4 is 5.69 Å². The average Bonchev–Trinajstić information content (AvgIpc) is 2.63. The molecule has 5 nitrogen and oxygen atoms in total. The molecular weight excluding hydrogens is 290 g/mol. The first kappa shape index (κ1) is 15.8. The van der Waals surface area contributed by atoms with Crippen molar-refractivity contribution in [3.63, 3.8) is 0 Å². The summed E-state index contributed by atoms with van der Waals surface area (Å²) in [4.78, 5) is 6.91. The fraction of sp³-hybridized carbons (Fsp3) is 0.389. The quantitative estimate of drug-likeness (QED) is 0.919. The Morgan fingerprint density at radius 1 is 1.26 bits per heavy atom. The Hall–Kier alpha value is -2.11. The van der Waals surface area contributed by atoms with Crippen LogP contribution < -0.4 is 10.1 Å². The summed E-state index contributed by atoms with van der Waals surface area (Å²) in [7, 11) is 3.58. The fourth-order valence-corrected chi connectivity index (χ4v) is 2.76. The van der Waals surface area contributed by atoms with Crippen molar-refractivity contribution in [3.05, 3.63) is 53.9 Å². The first-order valence-electron chi connectivity index (χ1n) is 7.89. The van der Waals surface area contributed by atoms with Crippen LogP contribution in [-0.2, 0) is 11.3 Å². The second kappa shape index (κ2) is 7.44. The summed E-state index contributed by atoms with van der Waals surface area (Å²) in [6, 6.07) is 12.3. The molecule has 0 amide bonds. The van der Waals surface area contributed by atoms with Crippen molar-refractivity contribution in [3.8, 4) is 5.75 Å². The standard InChI is InChI=1S/C18H23N3O2/c1-19-15-5-8-17(20-11-15)18-13-21(9-10-23-18)12-14-3-6-16(22-2)7-4-14/h3-8,11,18-19H,9-10,12-13H2,1-2H3. The number of pyridine rings is 1. The molecule has 2 heterocycles. The van der Waals surface area contributed by atoms with Crippen molar-refractivity contribution in [1.29, 1.82) is 0 Å². The van der Waals surface area contributed by atoms with Crippen molar-refractivity contribution < 1.29 is 9.47 Å². The van der Waals surface area contributed by atoms with Gasteiger partial charge in [-0.1, -0.05) is 12.1 Å². The predicted octanol–water partition coefficient (Wildman–Crippen LogP) is 2.71. The van der Waals surface area contributed by atoms with Crippen LogP contribution in [0.2, 0.25) is 0 Å². The number of hydrogen-bond donors (Lipinski definition) is 1. The Balaban J connectivity index is 1.62. The monoisotopic (exact) mass is 313 g/mol. The van der Waals surface area contributed by atoms with Gasteiger partial charge in [0.2, 0.25) is 0 Å². The van der Waals surface area contributed by atoms with E-state index in [1.54, 1.807) is 7.11 Å². The SMILES string of the molecule is CNc1ccc(C2CN(Cc3ccc(OC)cc3)CCO2)nc1. The van der Waals surface area contributed by atoms with E-state index in [1.165, 1.54) is 5.56 Å². The van der Waals surface area contributed by atoms with Gasteiger partial charge in [0.1, 0.15) is 11.9 Å². The third-order valence-electron chi connectivity index (χ3n) is 4.12. The van der Waals surface area contributed by atoms with E-state index in [0.717, 1.165) is 43.4 Å². The van der Waals surface area contributed by atoms with E-state index in [9.17, 15) is 0 Å². The molecule has 1 unspecified atom stereocenters. The molecule has 1 atom stereocenters. The fourth-order valence-electron chi connectivity index (χ4n) is 2.76. The number of nitrogens with one attached hydrogen (secondary N) is 1. The lowest BCUT2D eigenvalue weighted by Gasteiger charge is -2.32. The lowest BCUT2D eigenvalue weighted by molar-refractivity contribution is -0.0349. The van der Waals surface area contributed by atoms with Gasteiger partial charge in [-0.2, -0.15) is 0 Å². The molecule has 1 saturated heterocycles. The molecule has 2 aromatic rings. The lowest BCUT2D eigenvalue weighted by atomic mass is 10.1. The Morgan fingerprint density at radius 3 is 2.74 bits per heavy atom. The first-order valence-corrected chi connectivity index (χ1v) is 7.89. The van der Waals surface area contributed by atoms with Crippen molar-refractivity contribution in [2.24, 2.45) is 0 Å². The maximum Gasteiger partial charge on any atom is 0.118 e. The molecule has 0 spiro atoms. The minimum absolute atomic E-state index is 0.0351. The van der Waals surface area contributed by atoms with Crippen LogP contribution in [0.1, 0.15) is 17.4 Å². The summed E-state index contributed by atoms with van der Waals surface area (Å²) >= 11 is 0. The molecule has 1 aromatic heterocycles. The van der Waals surface area contributed by atoms with E-state index < -0.39 is 0 Å². The molecule has 1 fully saturated rings. The number of methoxy groups -OCH3 is 1. The summed E-state index contributed by atoms with van der Waals surface area (Å²) in [6.45, 7) is 3.45. The molecular formula is C18H23N3O2. The van der Waals surface area contributed by atoms with Crippen LogP contribution in [0.4, 0.5) is 5.69 Å². The minimum Gasteiger partial charge on any atom is -0.497 e. The number of benzene rings is 1. The van der Waals surface area contributed by atoms with Crippen molar-refractivity contribution in [2.45, 2.75) is 12.6 Å². The number of hydrogen-bond acceptors (Lipinski definition) is 5. The maximum absolute atomic E-state index is 5.90. The molecule has 0 radical (unpaired) electrons. The molecule has 0 bridgehead atoms. The van der Waals surface area contributed by atoms with Crippen molar-refractivity contribution in [1.82, 2.24) is 9.88 Å². The molecule has 1 N–H and O–H groups in total. The number of morpholine rings is 1. The van der Waals surface area contributed by atoms with E-state index >= 15 is 0 Å². The Labute approximate surface area is 137 Å². The van der Waals surface area contributed by atoms with Crippen LogP contribution in [0.15, 0.2) is 42.6 Å². The van der Waals surface area contributed by atoms with Crippen LogP contribution in [0, 0.1) is 0 Å². The number of rotatable bonds is 5. The van der Waals surface area contributed by atoms with Crippen LogP contribution >= 0.6 is 0 Å². The van der Waals surface area contributed by atoms with Crippen LogP contribution in [-0.4, -0.2) is 43.7 Å². The van der Waals surface area contributed by atoms with Gasteiger partial charge in [0.25, 0.3) is 0 Å². The van der Waals surface area contributed by atoms with Crippen molar-refractivity contribution in [2.75, 3.05) is 39.2 Å². The molecule has 3 rings (SSSR count). The summed E-state index contributed by atoms with van der Waals surface area (Å²) in [5.41, 5.74) is 3.29. The summed E-state index contributed by atoms with van der Waals surface area (Å²) in [5.74, 6) is 0.891. The molecule has 0 aliphatic carbocycles. The zero-order valence-electron chi connectivity index (χ0n) is 13.7. The lowest BCUT2D eigenvalue weighted by Crippen LogP contribution is -2.38. The van der Waals surface area contributed by atoms with Gasteiger partial charge in [-0.25, -0.2) is 0 Å². The summed E-state index contributed by atoms with van der Waals surface area (Å²) in [6.07, 6.45) is 1.88. The third kappa shape index (κ3) is 4.00. The maximum atomic E-state index is 5.90. The van der Waals surface area contributed by atoms with Gasteiger partial charge in [-0.05, 0) is 29.8 Å². The van der Waals surface area contributed by atoms with Crippen LogP contribution in [0.25, 0.3) is 0 Å². The van der Waals surface area contributed by atoms with Gasteiger partial charge < -0.3 is 14.8 Å². The molecule has 0 saturated carbocycles. The minimum atomic E-state index is 0.0351. The zero-order chi connectivity index (χ0) is 16.1. The molecule has 122 valence electrons. The topological polar surface area (TPSA) is 46.6 Å². The molecule has 1 aromatic carbocycles. The normalized spacial score (nSPS) is 18.6. The number of aromatic nitrogens is 1. The average molecular weight is 313 g/mol. The first-order chi connectivity index (χ1) is 11.3. The number of anilines is 1. The highest BCUT2D eigenvalue weighted by atomic mass is 16.5. The van der Waals surface area contributed by atoms with E-state index in [2.05, 4.69) is 27.3 Å². The van der Waals surface area contributed by atoms with Gasteiger partial charge >= 0.3 is 0 Å². The number of ether oxygens (including phenoxy) is 2. The van der Waals surface area contributed by atoms with Gasteiger partial charge in [0, 0.05) is 26.7 Å². The van der Waals surface area contributed by atoms with Crippen LogP contribution in [0.3, 0.4) is 0 Å². The molecule has 23 heavy (non-hydrogen) atoms. The molecule has 5 heteroatoms. The smallest absolute Gasteiger partial charge is 0.118 e. The predicted molar refractivity (Wildman–Crippen MR) is 90.7 cm³/mol. The summed E-state index contributed by atoms with van der Waals surface area (Å²) in [5, 5.41) is 3.08. The Morgan fingerprint density at radius 2 is 2.09 bits per heavy atom. The summed E-state index contributed by atoms with van der Waals surface area (Å²) < 4.78 is 11.1. The zero-order valence-corrected chi connectivity index (χ0v) is 13.7. The van der Waals surface area contributed by atoms with Gasteiger partial charge in [0.15, 0.2) is 0 Å². The van der Waals surface area contributed by atoms with E-state index in [1.807, 2.05) is 37.5 Å². The number of nitrogens with zero attached hydrogens (tertiary/aromatic N) is 2. The third-order valence-corrected chi connectivity index (χ3v) is 4.12. The highest BCUT2D eigenvalue weighted by Crippen LogP contribution is 2.23. The Bertz CT molecular complexity index is 613. The van der Waals surface area contributed by atoms with E-state index in [4.69, 9.17) is 9.47 Å². The molecule has 1 aliphatic heterocycles. The molecule has 1 aliphatic rings. The van der Waals surface area contributed by atoms with Gasteiger partial charge in [-0.3, -0.25) is 9.88 Å². The van der Waals surface area contributed by atoms with E-state index in [-0.39, 0.29) is 6.10 Å². The highest BCUT2D eigenvalue weighted by molar-refractivity contribution is 5.40. The second-order valence-corrected chi connectivity index (χ2v) is 5.66. The second-order valence-electron chi connectivity index (χ2n) is 5.66. The van der Waals surface area contributed by atoms with E-state index in [0.29, 0.717) is 0 Å².